The van der Waals surface area contributed by atoms with Crippen molar-refractivity contribution in [1.82, 2.24) is 9.55 Å². The normalized spacial score (nSPS) is 11.2. The van der Waals surface area contributed by atoms with Crippen molar-refractivity contribution in [2.24, 2.45) is 0 Å². The Morgan fingerprint density at radius 1 is 1.08 bits per heavy atom. The van der Waals surface area contributed by atoms with E-state index < -0.39 is 0 Å². The van der Waals surface area contributed by atoms with Crippen molar-refractivity contribution < 1.29 is 9.53 Å². The minimum Gasteiger partial charge on any atom is -0.458 e. The summed E-state index contributed by atoms with van der Waals surface area (Å²) in [6.45, 7) is 0.858. The van der Waals surface area contributed by atoms with E-state index in [1.54, 1.807) is 11.3 Å². The third-order valence-corrected chi connectivity index (χ3v) is 4.94. The summed E-state index contributed by atoms with van der Waals surface area (Å²) in [5.74, 6) is -0.202. The molecule has 2 aromatic carbocycles. The van der Waals surface area contributed by atoms with Gasteiger partial charge in [-0.1, -0.05) is 30.3 Å². The molecule has 0 fully saturated rings. The van der Waals surface area contributed by atoms with Gasteiger partial charge in [-0.3, -0.25) is 4.79 Å². The van der Waals surface area contributed by atoms with Crippen LogP contribution in [-0.2, 0) is 22.7 Å². The molecule has 0 saturated heterocycles. The maximum absolute atomic E-state index is 12.0. The number of ether oxygens (including phenoxy) is 1. The number of hydrogen-bond acceptors (Lipinski definition) is 4. The highest BCUT2D eigenvalue weighted by molar-refractivity contribution is 7.18. The SMILES string of the molecule is O=C(CCn1ccc2ccccc21)OCc1nc2ccccc2s1. The van der Waals surface area contributed by atoms with E-state index in [-0.39, 0.29) is 12.6 Å². The molecule has 0 aliphatic heterocycles. The van der Waals surface area contributed by atoms with Gasteiger partial charge in [0.2, 0.25) is 0 Å². The standard InChI is InChI=1S/C19H16N2O2S/c22-19(10-12-21-11-9-14-5-1-3-7-16(14)21)23-13-18-20-15-6-2-4-8-17(15)24-18/h1-9,11H,10,12-13H2. The van der Waals surface area contributed by atoms with E-state index in [1.165, 1.54) is 5.39 Å². The smallest absolute Gasteiger partial charge is 0.308 e. The lowest BCUT2D eigenvalue weighted by Crippen LogP contribution is -2.08. The van der Waals surface area contributed by atoms with Gasteiger partial charge >= 0.3 is 5.97 Å². The van der Waals surface area contributed by atoms with Crippen LogP contribution in [0.1, 0.15) is 11.4 Å². The summed E-state index contributed by atoms with van der Waals surface area (Å²) < 4.78 is 8.55. The number of rotatable bonds is 5. The molecule has 2 aromatic heterocycles. The van der Waals surface area contributed by atoms with E-state index >= 15 is 0 Å². The minimum absolute atomic E-state index is 0.202. The first kappa shape index (κ1) is 14.9. The van der Waals surface area contributed by atoms with Crippen LogP contribution in [0.5, 0.6) is 0 Å². The summed E-state index contributed by atoms with van der Waals surface area (Å²) >= 11 is 1.56. The minimum atomic E-state index is -0.202. The summed E-state index contributed by atoms with van der Waals surface area (Å²) in [7, 11) is 0. The number of aryl methyl sites for hydroxylation is 1. The molecule has 24 heavy (non-hydrogen) atoms. The van der Waals surface area contributed by atoms with Gasteiger partial charge in [0.25, 0.3) is 0 Å². The summed E-state index contributed by atoms with van der Waals surface area (Å²) in [4.78, 5) is 16.5. The number of carbonyl (C=O) groups excluding carboxylic acids is 1. The molecule has 4 nitrogen and oxygen atoms in total. The van der Waals surface area contributed by atoms with Crippen molar-refractivity contribution in [1.29, 1.82) is 0 Å². The summed E-state index contributed by atoms with van der Waals surface area (Å²) in [5.41, 5.74) is 2.09. The third-order valence-electron chi connectivity index (χ3n) is 3.93. The Morgan fingerprint density at radius 2 is 1.92 bits per heavy atom. The van der Waals surface area contributed by atoms with Gasteiger partial charge in [0.05, 0.1) is 16.6 Å². The van der Waals surface area contributed by atoms with Gasteiger partial charge in [-0.05, 0) is 29.7 Å². The lowest BCUT2D eigenvalue weighted by molar-refractivity contribution is -0.145. The van der Waals surface area contributed by atoms with E-state index in [9.17, 15) is 4.79 Å². The highest BCUT2D eigenvalue weighted by Gasteiger charge is 2.08. The van der Waals surface area contributed by atoms with Crippen LogP contribution in [0, 0.1) is 0 Å². The Balaban J connectivity index is 1.35. The van der Waals surface area contributed by atoms with Crippen LogP contribution >= 0.6 is 11.3 Å². The molecular weight excluding hydrogens is 320 g/mol. The number of benzene rings is 2. The first-order valence-corrected chi connectivity index (χ1v) is 8.65. The summed E-state index contributed by atoms with van der Waals surface area (Å²) in [6.07, 6.45) is 2.36. The molecular formula is C19H16N2O2S. The maximum atomic E-state index is 12.0. The molecule has 120 valence electrons. The molecule has 4 rings (SSSR count). The zero-order chi connectivity index (χ0) is 16.4. The first-order valence-electron chi connectivity index (χ1n) is 7.83. The molecule has 5 heteroatoms. The molecule has 0 amide bonds. The predicted molar refractivity (Wildman–Crippen MR) is 96.0 cm³/mol. The molecule has 0 spiro atoms. The number of carbonyl (C=O) groups is 1. The predicted octanol–water partition coefficient (Wildman–Crippen LogP) is 4.38. The van der Waals surface area contributed by atoms with Crippen LogP contribution in [0.4, 0.5) is 0 Å². The number of fused-ring (bicyclic) bond motifs is 2. The van der Waals surface area contributed by atoms with E-state index in [0.29, 0.717) is 13.0 Å². The monoisotopic (exact) mass is 336 g/mol. The highest BCUT2D eigenvalue weighted by Crippen LogP contribution is 2.22. The molecule has 0 unspecified atom stereocenters. The third kappa shape index (κ3) is 3.03. The van der Waals surface area contributed by atoms with Gasteiger partial charge in [0.1, 0.15) is 11.6 Å². The average Bonchev–Trinajstić information content (AvgIpc) is 3.21. The molecule has 0 aliphatic rings. The van der Waals surface area contributed by atoms with E-state index in [0.717, 1.165) is 20.7 Å². The fourth-order valence-corrected chi connectivity index (χ4v) is 3.62. The second-order valence-corrected chi connectivity index (χ2v) is 6.67. The molecule has 2 heterocycles. The number of esters is 1. The second-order valence-electron chi connectivity index (χ2n) is 5.55. The van der Waals surface area contributed by atoms with Gasteiger partial charge in [0.15, 0.2) is 0 Å². The molecule has 0 radical (unpaired) electrons. The summed E-state index contributed by atoms with van der Waals surface area (Å²) in [6, 6.07) is 18.1. The van der Waals surface area contributed by atoms with Gasteiger partial charge in [-0.25, -0.2) is 4.98 Å². The molecule has 4 aromatic rings. The zero-order valence-corrected chi connectivity index (χ0v) is 13.8. The van der Waals surface area contributed by atoms with Crippen LogP contribution in [0.3, 0.4) is 0 Å². The van der Waals surface area contributed by atoms with Gasteiger partial charge in [-0.2, -0.15) is 0 Å². The molecule has 0 bridgehead atoms. The number of thiazole rings is 1. The molecule has 0 saturated carbocycles. The fraction of sp³-hybridized carbons (Fsp3) is 0.158. The Labute approximate surface area is 143 Å². The Hall–Kier alpha value is -2.66. The van der Waals surface area contributed by atoms with Gasteiger partial charge in [0, 0.05) is 18.3 Å². The largest absolute Gasteiger partial charge is 0.458 e. The van der Waals surface area contributed by atoms with Crippen LogP contribution < -0.4 is 0 Å². The quantitative estimate of drug-likeness (QED) is 0.508. The topological polar surface area (TPSA) is 44.1 Å². The van der Waals surface area contributed by atoms with Crippen molar-refractivity contribution in [2.75, 3.05) is 0 Å². The fourth-order valence-electron chi connectivity index (χ4n) is 2.74. The van der Waals surface area contributed by atoms with Crippen molar-refractivity contribution in [3.63, 3.8) is 0 Å². The number of para-hydroxylation sites is 2. The second kappa shape index (κ2) is 6.45. The molecule has 0 N–H and O–H groups in total. The number of nitrogens with zero attached hydrogens (tertiary/aromatic N) is 2. The van der Waals surface area contributed by atoms with Crippen LogP contribution in [0.2, 0.25) is 0 Å². The van der Waals surface area contributed by atoms with Crippen LogP contribution in [-0.4, -0.2) is 15.5 Å². The maximum Gasteiger partial charge on any atom is 0.308 e. The molecule has 0 aliphatic carbocycles. The Bertz CT molecular complexity index is 970. The zero-order valence-electron chi connectivity index (χ0n) is 13.0. The van der Waals surface area contributed by atoms with Gasteiger partial charge < -0.3 is 9.30 Å². The van der Waals surface area contributed by atoms with Crippen molar-refractivity contribution in [2.45, 2.75) is 19.6 Å². The summed E-state index contributed by atoms with van der Waals surface area (Å²) in [5, 5.41) is 2.01. The van der Waals surface area contributed by atoms with E-state index in [1.807, 2.05) is 42.6 Å². The number of hydrogen-bond donors (Lipinski definition) is 0. The average molecular weight is 336 g/mol. The van der Waals surface area contributed by atoms with Crippen molar-refractivity contribution in [3.8, 4) is 0 Å². The number of aromatic nitrogens is 2. The molecule has 0 atom stereocenters. The van der Waals surface area contributed by atoms with Crippen LogP contribution in [0.15, 0.2) is 60.8 Å². The van der Waals surface area contributed by atoms with Crippen molar-refractivity contribution >= 4 is 38.4 Å². The lowest BCUT2D eigenvalue weighted by Gasteiger charge is -2.05. The Morgan fingerprint density at radius 3 is 2.83 bits per heavy atom. The van der Waals surface area contributed by atoms with E-state index in [4.69, 9.17) is 4.74 Å². The lowest BCUT2D eigenvalue weighted by atomic mass is 10.2. The first-order chi connectivity index (χ1) is 11.8. The highest BCUT2D eigenvalue weighted by atomic mass is 32.1. The Kier molecular flexibility index (Phi) is 4.01. The van der Waals surface area contributed by atoms with Gasteiger partial charge in [-0.15, -0.1) is 11.3 Å². The van der Waals surface area contributed by atoms with Crippen molar-refractivity contribution in [3.05, 3.63) is 65.8 Å². The van der Waals surface area contributed by atoms with Crippen LogP contribution in [0.25, 0.3) is 21.1 Å². The van der Waals surface area contributed by atoms with E-state index in [2.05, 4.69) is 27.8 Å².